The van der Waals surface area contributed by atoms with E-state index < -0.39 is 10.0 Å². The fourth-order valence-electron chi connectivity index (χ4n) is 1.62. The lowest BCUT2D eigenvalue weighted by Gasteiger charge is -2.16. The Morgan fingerprint density at radius 3 is 2.39 bits per heavy atom. The summed E-state index contributed by atoms with van der Waals surface area (Å²) < 4.78 is 31.7. The van der Waals surface area contributed by atoms with Crippen LogP contribution in [0.5, 0.6) is 5.75 Å². The molecule has 0 spiro atoms. The van der Waals surface area contributed by atoms with Crippen LogP contribution >= 0.6 is 0 Å². The molecule has 0 saturated heterocycles. The van der Waals surface area contributed by atoms with Crippen LogP contribution in [0.1, 0.15) is 19.8 Å². The van der Waals surface area contributed by atoms with Crippen molar-refractivity contribution in [2.24, 2.45) is 5.73 Å². The number of hydrogen-bond donors (Lipinski definition) is 2. The van der Waals surface area contributed by atoms with Crippen molar-refractivity contribution in [3.05, 3.63) is 24.3 Å². The van der Waals surface area contributed by atoms with Gasteiger partial charge in [0.25, 0.3) is 0 Å². The van der Waals surface area contributed by atoms with E-state index in [0.29, 0.717) is 12.3 Å². The third kappa shape index (κ3) is 3.97. The van der Waals surface area contributed by atoms with E-state index in [-0.39, 0.29) is 10.9 Å². The van der Waals surface area contributed by atoms with Gasteiger partial charge in [0.15, 0.2) is 0 Å². The molecule has 0 amide bonds. The first-order valence-corrected chi connectivity index (χ1v) is 7.38. The van der Waals surface area contributed by atoms with Crippen molar-refractivity contribution < 1.29 is 13.2 Å². The molecule has 6 heteroatoms. The third-order valence-corrected chi connectivity index (χ3v) is 4.15. The standard InChI is InChI=1S/C12H20N2O3S/c1-3-4-10(9-13)14-18(15,16)12-7-5-11(17-2)6-8-12/h5-8,10,14H,3-4,9,13H2,1-2H3. The molecule has 3 N–H and O–H groups in total. The number of ether oxygens (including phenoxy) is 1. The fraction of sp³-hybridized carbons (Fsp3) is 0.500. The second kappa shape index (κ2) is 6.72. The van der Waals surface area contributed by atoms with Crippen LogP contribution in [-0.2, 0) is 10.0 Å². The molecule has 0 aliphatic heterocycles. The van der Waals surface area contributed by atoms with Crippen LogP contribution in [0.2, 0.25) is 0 Å². The number of nitrogens with two attached hydrogens (primary N) is 1. The largest absolute Gasteiger partial charge is 0.497 e. The number of benzene rings is 1. The van der Waals surface area contributed by atoms with Gasteiger partial charge in [-0.05, 0) is 30.7 Å². The quantitative estimate of drug-likeness (QED) is 0.779. The van der Waals surface area contributed by atoms with Crippen molar-refractivity contribution in [2.45, 2.75) is 30.7 Å². The highest BCUT2D eigenvalue weighted by Gasteiger charge is 2.18. The molecule has 0 heterocycles. The van der Waals surface area contributed by atoms with Crippen molar-refractivity contribution in [3.63, 3.8) is 0 Å². The molecule has 0 saturated carbocycles. The highest BCUT2D eigenvalue weighted by atomic mass is 32.2. The minimum Gasteiger partial charge on any atom is -0.497 e. The first-order chi connectivity index (χ1) is 8.53. The zero-order valence-corrected chi connectivity index (χ0v) is 11.5. The zero-order valence-electron chi connectivity index (χ0n) is 10.7. The van der Waals surface area contributed by atoms with E-state index in [1.54, 1.807) is 12.1 Å². The van der Waals surface area contributed by atoms with Crippen molar-refractivity contribution in [3.8, 4) is 5.75 Å². The van der Waals surface area contributed by atoms with Gasteiger partial charge in [0.1, 0.15) is 5.75 Å². The SMILES string of the molecule is CCCC(CN)NS(=O)(=O)c1ccc(OC)cc1. The monoisotopic (exact) mass is 272 g/mol. The Morgan fingerprint density at radius 2 is 1.94 bits per heavy atom. The third-order valence-electron chi connectivity index (χ3n) is 2.61. The number of rotatable bonds is 7. The van der Waals surface area contributed by atoms with Gasteiger partial charge in [-0.3, -0.25) is 0 Å². The van der Waals surface area contributed by atoms with Crippen LogP contribution < -0.4 is 15.2 Å². The van der Waals surface area contributed by atoms with E-state index in [1.807, 2.05) is 6.92 Å². The average Bonchev–Trinajstić information content (AvgIpc) is 2.38. The molecule has 18 heavy (non-hydrogen) atoms. The Bertz CT molecular complexity index is 457. The lowest BCUT2D eigenvalue weighted by Crippen LogP contribution is -2.39. The number of nitrogens with one attached hydrogen (secondary N) is 1. The molecular formula is C12H20N2O3S. The van der Waals surface area contributed by atoms with E-state index in [0.717, 1.165) is 12.8 Å². The van der Waals surface area contributed by atoms with E-state index in [9.17, 15) is 8.42 Å². The summed E-state index contributed by atoms with van der Waals surface area (Å²) in [4.78, 5) is 0.220. The van der Waals surface area contributed by atoms with Crippen LogP contribution in [-0.4, -0.2) is 28.1 Å². The highest BCUT2D eigenvalue weighted by molar-refractivity contribution is 7.89. The molecule has 1 aromatic carbocycles. The van der Waals surface area contributed by atoms with Crippen molar-refractivity contribution in [1.29, 1.82) is 0 Å². The Balaban J connectivity index is 2.84. The van der Waals surface area contributed by atoms with Crippen molar-refractivity contribution >= 4 is 10.0 Å². The van der Waals surface area contributed by atoms with Crippen LogP contribution in [0.3, 0.4) is 0 Å². The minimum atomic E-state index is -3.50. The Morgan fingerprint density at radius 1 is 1.33 bits per heavy atom. The maximum absolute atomic E-state index is 12.1. The fourth-order valence-corrected chi connectivity index (χ4v) is 2.90. The summed E-state index contributed by atoms with van der Waals surface area (Å²) in [6.07, 6.45) is 1.61. The molecule has 0 aliphatic carbocycles. The molecular weight excluding hydrogens is 252 g/mol. The molecule has 0 aromatic heterocycles. The highest BCUT2D eigenvalue weighted by Crippen LogP contribution is 2.15. The first kappa shape index (κ1) is 14.9. The van der Waals surface area contributed by atoms with E-state index in [4.69, 9.17) is 10.5 Å². The van der Waals surface area contributed by atoms with Gasteiger partial charge in [0, 0.05) is 12.6 Å². The molecule has 1 aromatic rings. The van der Waals surface area contributed by atoms with Crippen molar-refractivity contribution in [1.82, 2.24) is 4.72 Å². The zero-order chi connectivity index (χ0) is 13.6. The average molecular weight is 272 g/mol. The molecule has 0 radical (unpaired) electrons. The maximum Gasteiger partial charge on any atom is 0.240 e. The molecule has 5 nitrogen and oxygen atoms in total. The van der Waals surface area contributed by atoms with E-state index >= 15 is 0 Å². The van der Waals surface area contributed by atoms with Gasteiger partial charge in [0.2, 0.25) is 10.0 Å². The molecule has 102 valence electrons. The van der Waals surface area contributed by atoms with E-state index in [2.05, 4.69) is 4.72 Å². The summed E-state index contributed by atoms with van der Waals surface area (Å²) in [7, 11) is -1.97. The molecule has 0 fully saturated rings. The van der Waals surface area contributed by atoms with Gasteiger partial charge < -0.3 is 10.5 Å². The number of sulfonamides is 1. The maximum atomic E-state index is 12.1. The van der Waals surface area contributed by atoms with Gasteiger partial charge >= 0.3 is 0 Å². The van der Waals surface area contributed by atoms with Crippen LogP contribution in [0.25, 0.3) is 0 Å². The van der Waals surface area contributed by atoms with Gasteiger partial charge in [-0.15, -0.1) is 0 Å². The van der Waals surface area contributed by atoms with Crippen LogP contribution in [0.15, 0.2) is 29.2 Å². The van der Waals surface area contributed by atoms with Crippen molar-refractivity contribution in [2.75, 3.05) is 13.7 Å². The Labute approximate surface area is 108 Å². The predicted molar refractivity (Wildman–Crippen MR) is 71.1 cm³/mol. The summed E-state index contributed by atoms with van der Waals surface area (Å²) in [6, 6.07) is 6.04. The van der Waals surface area contributed by atoms with Gasteiger partial charge in [-0.2, -0.15) is 0 Å². The second-order valence-electron chi connectivity index (χ2n) is 4.02. The number of methoxy groups -OCH3 is 1. The lowest BCUT2D eigenvalue weighted by molar-refractivity contribution is 0.414. The second-order valence-corrected chi connectivity index (χ2v) is 5.73. The number of hydrogen-bond acceptors (Lipinski definition) is 4. The Kier molecular flexibility index (Phi) is 5.58. The molecule has 0 bridgehead atoms. The first-order valence-electron chi connectivity index (χ1n) is 5.90. The summed E-state index contributed by atoms with van der Waals surface area (Å²) in [5, 5.41) is 0. The van der Waals surface area contributed by atoms with Gasteiger partial charge in [-0.25, -0.2) is 13.1 Å². The van der Waals surface area contributed by atoms with Gasteiger partial charge in [0.05, 0.1) is 12.0 Å². The summed E-state index contributed by atoms with van der Waals surface area (Å²) >= 11 is 0. The van der Waals surface area contributed by atoms with Crippen LogP contribution in [0, 0.1) is 0 Å². The van der Waals surface area contributed by atoms with Gasteiger partial charge in [-0.1, -0.05) is 13.3 Å². The summed E-state index contributed by atoms with van der Waals surface area (Å²) in [5.41, 5.74) is 5.54. The lowest BCUT2D eigenvalue weighted by atomic mass is 10.2. The molecule has 1 atom stereocenters. The summed E-state index contributed by atoms with van der Waals surface area (Å²) in [5.74, 6) is 0.623. The smallest absolute Gasteiger partial charge is 0.240 e. The molecule has 0 aliphatic rings. The topological polar surface area (TPSA) is 81.4 Å². The molecule has 1 rings (SSSR count). The normalized spacial score (nSPS) is 13.3. The Hall–Kier alpha value is -1.11. The molecule has 1 unspecified atom stereocenters. The van der Waals surface area contributed by atoms with Crippen LogP contribution in [0.4, 0.5) is 0 Å². The predicted octanol–water partition coefficient (Wildman–Crippen LogP) is 1.10. The minimum absolute atomic E-state index is 0.220. The van der Waals surface area contributed by atoms with E-state index in [1.165, 1.54) is 19.2 Å². The summed E-state index contributed by atoms with van der Waals surface area (Å²) in [6.45, 7) is 2.29.